The first-order chi connectivity index (χ1) is 14.7. The van der Waals surface area contributed by atoms with Gasteiger partial charge in [-0.15, -0.1) is 6.58 Å². The lowest BCUT2D eigenvalue weighted by atomic mass is 9.36. The van der Waals surface area contributed by atoms with Gasteiger partial charge in [-0.3, -0.25) is 0 Å². The molecule has 0 aromatic heterocycles. The maximum atomic E-state index is 3.48. The van der Waals surface area contributed by atoms with Crippen molar-refractivity contribution in [2.45, 2.75) is 93.9 Å². The summed E-state index contributed by atoms with van der Waals surface area (Å²) in [5.41, 5.74) is 11.8. The van der Waals surface area contributed by atoms with Gasteiger partial charge in [-0.05, 0) is 48.3 Å². The predicted molar refractivity (Wildman–Crippen MR) is 146 cm³/mol. The number of rotatable bonds is 5. The van der Waals surface area contributed by atoms with Crippen LogP contribution in [-0.2, 0) is 6.42 Å². The highest BCUT2D eigenvalue weighted by atomic mass is 14.2. The fraction of sp³-hybridized carbons (Fsp3) is 0.467. The Bertz CT molecular complexity index is 884. The fourth-order valence-corrected chi connectivity index (χ4v) is 4.25. The molecule has 0 unspecified atom stereocenters. The largest absolute Gasteiger partial charge is 0.238 e. The van der Waals surface area contributed by atoms with E-state index in [9.17, 15) is 0 Å². The Labute approximate surface area is 194 Å². The van der Waals surface area contributed by atoms with Gasteiger partial charge in [0.2, 0.25) is 6.71 Å². The first-order valence-corrected chi connectivity index (χ1v) is 12.3. The van der Waals surface area contributed by atoms with Crippen LogP contribution in [-0.4, -0.2) is 6.71 Å². The van der Waals surface area contributed by atoms with Crippen LogP contribution in [0.15, 0.2) is 48.5 Å². The van der Waals surface area contributed by atoms with Crippen molar-refractivity contribution >= 4 is 23.7 Å². The maximum absolute atomic E-state index is 3.48. The fourth-order valence-electron chi connectivity index (χ4n) is 4.25. The minimum absolute atomic E-state index is 0.420. The third-order valence-corrected chi connectivity index (χ3v) is 5.96. The van der Waals surface area contributed by atoms with Gasteiger partial charge in [0, 0.05) is 0 Å². The van der Waals surface area contributed by atoms with Crippen molar-refractivity contribution in [2.75, 3.05) is 0 Å². The summed E-state index contributed by atoms with van der Waals surface area (Å²) in [6, 6.07) is 11.9. The second kappa shape index (κ2) is 12.7. The number of allylic oxidation sites excluding steroid dienone is 2. The van der Waals surface area contributed by atoms with Gasteiger partial charge in [-0.2, -0.15) is 0 Å². The highest BCUT2D eigenvalue weighted by Gasteiger charge is 2.32. The van der Waals surface area contributed by atoms with Crippen LogP contribution in [0.2, 0.25) is 0 Å². The first-order valence-electron chi connectivity index (χ1n) is 12.3. The first kappa shape index (κ1) is 27.0. The molecule has 0 radical (unpaired) electrons. The molecule has 2 aromatic carbocycles. The molecule has 31 heavy (non-hydrogen) atoms. The average Bonchev–Trinajstić information content (AvgIpc) is 3.08. The second-order valence-corrected chi connectivity index (χ2v) is 9.00. The van der Waals surface area contributed by atoms with Crippen molar-refractivity contribution in [3.8, 4) is 0 Å². The Balaban J connectivity index is 0.000000720. The average molecular weight is 417 g/mol. The minimum atomic E-state index is 0.420. The molecule has 1 aliphatic heterocycles. The van der Waals surface area contributed by atoms with Gasteiger partial charge in [0.1, 0.15) is 0 Å². The Morgan fingerprint density at radius 2 is 1.55 bits per heavy atom. The standard InChI is InChI=1S/C24H31B.C4H8.C2H6/c1-8-19-13-21(15(2)3)14-22(16(4)5)24(19)25-18(7)12-20-10-9-17(6)11-23(20)25;1-3-4-2;1-2/h9-16H,8H2,1-7H3;3H,1,4H2,2H3;1-2H3. The molecule has 1 aliphatic rings. The number of hydrogen-bond donors (Lipinski definition) is 0. The van der Waals surface area contributed by atoms with E-state index in [2.05, 4.69) is 98.4 Å². The summed E-state index contributed by atoms with van der Waals surface area (Å²) in [5.74, 6) is 1.12. The van der Waals surface area contributed by atoms with Crippen molar-refractivity contribution in [3.05, 3.63) is 76.3 Å². The molecular formula is C30H45B. The maximum Gasteiger partial charge on any atom is 0.238 e. The lowest BCUT2D eigenvalue weighted by molar-refractivity contribution is 0.833. The monoisotopic (exact) mass is 416 g/mol. The molecule has 2 aromatic rings. The van der Waals surface area contributed by atoms with Crippen molar-refractivity contribution < 1.29 is 0 Å². The lowest BCUT2D eigenvalue weighted by Crippen LogP contribution is -2.46. The van der Waals surface area contributed by atoms with E-state index in [1.807, 2.05) is 19.9 Å². The topological polar surface area (TPSA) is 0 Å². The van der Waals surface area contributed by atoms with E-state index in [1.54, 1.807) is 5.46 Å². The zero-order chi connectivity index (χ0) is 23.7. The molecule has 0 spiro atoms. The Morgan fingerprint density at radius 3 is 2.03 bits per heavy atom. The number of fused-ring (bicyclic) bond motifs is 1. The summed E-state index contributed by atoms with van der Waals surface area (Å²) < 4.78 is 0. The molecule has 0 N–H and O–H groups in total. The number of benzene rings is 2. The Morgan fingerprint density at radius 1 is 0.935 bits per heavy atom. The van der Waals surface area contributed by atoms with Gasteiger partial charge in [-0.25, -0.2) is 0 Å². The zero-order valence-electron chi connectivity index (χ0n) is 21.9. The summed E-state index contributed by atoms with van der Waals surface area (Å²) in [4.78, 5) is 0. The molecule has 0 saturated carbocycles. The third-order valence-electron chi connectivity index (χ3n) is 5.96. The van der Waals surface area contributed by atoms with Crippen LogP contribution >= 0.6 is 0 Å². The zero-order valence-corrected chi connectivity index (χ0v) is 21.9. The van der Waals surface area contributed by atoms with E-state index < -0.39 is 0 Å². The molecule has 1 heterocycles. The van der Waals surface area contributed by atoms with Gasteiger partial charge in [0.15, 0.2) is 0 Å². The van der Waals surface area contributed by atoms with E-state index >= 15 is 0 Å². The van der Waals surface area contributed by atoms with E-state index in [-0.39, 0.29) is 0 Å². The van der Waals surface area contributed by atoms with Crippen LogP contribution < -0.4 is 10.9 Å². The molecule has 0 bridgehead atoms. The molecule has 3 rings (SSSR count). The second-order valence-electron chi connectivity index (χ2n) is 9.00. The van der Waals surface area contributed by atoms with E-state index in [0.717, 1.165) is 12.8 Å². The van der Waals surface area contributed by atoms with E-state index in [0.29, 0.717) is 18.5 Å². The SMILES string of the molecule is C=CCC.CC.CCc1cc(C(C)C)cc(C(C)C)c1B1C(C)=Cc2ccc(C)cc21. The van der Waals surface area contributed by atoms with Crippen LogP contribution in [0.5, 0.6) is 0 Å². The van der Waals surface area contributed by atoms with Gasteiger partial charge in [-0.1, -0.05) is 132 Å². The van der Waals surface area contributed by atoms with E-state index in [4.69, 9.17) is 0 Å². The highest BCUT2D eigenvalue weighted by Crippen LogP contribution is 2.27. The van der Waals surface area contributed by atoms with Crippen molar-refractivity contribution in [3.63, 3.8) is 0 Å². The summed E-state index contributed by atoms with van der Waals surface area (Å²) >= 11 is 0. The smallest absolute Gasteiger partial charge is 0.103 e. The lowest BCUT2D eigenvalue weighted by Gasteiger charge is -2.25. The van der Waals surface area contributed by atoms with Crippen LogP contribution in [0, 0.1) is 6.92 Å². The molecule has 0 nitrogen and oxygen atoms in total. The molecule has 0 aliphatic carbocycles. The van der Waals surface area contributed by atoms with E-state index in [1.165, 1.54) is 38.8 Å². The quantitative estimate of drug-likeness (QED) is 0.342. The van der Waals surface area contributed by atoms with Crippen LogP contribution in [0.4, 0.5) is 0 Å². The van der Waals surface area contributed by atoms with Crippen molar-refractivity contribution in [2.24, 2.45) is 0 Å². The summed E-state index contributed by atoms with van der Waals surface area (Å²) in [6.45, 7) is 26.1. The molecule has 0 atom stereocenters. The van der Waals surface area contributed by atoms with Crippen LogP contribution in [0.1, 0.15) is 108 Å². The Kier molecular flexibility index (Phi) is 11.1. The third kappa shape index (κ3) is 6.48. The Hall–Kier alpha value is -2.02. The molecule has 0 saturated heterocycles. The summed E-state index contributed by atoms with van der Waals surface area (Å²) in [6.07, 6.45) is 6.44. The predicted octanol–water partition coefficient (Wildman–Crippen LogP) is 7.98. The summed E-state index contributed by atoms with van der Waals surface area (Å²) in [5, 5.41) is 0. The molecule has 1 heteroatoms. The molecule has 0 fully saturated rings. The number of hydrogen-bond acceptors (Lipinski definition) is 0. The minimum Gasteiger partial charge on any atom is -0.103 e. The van der Waals surface area contributed by atoms with Crippen LogP contribution in [0.3, 0.4) is 0 Å². The summed E-state index contributed by atoms with van der Waals surface area (Å²) in [7, 11) is 0. The van der Waals surface area contributed by atoms with Crippen molar-refractivity contribution in [1.29, 1.82) is 0 Å². The van der Waals surface area contributed by atoms with Gasteiger partial charge >= 0.3 is 0 Å². The highest BCUT2D eigenvalue weighted by molar-refractivity contribution is 6.93. The molecule has 168 valence electrons. The molecule has 0 amide bonds. The van der Waals surface area contributed by atoms with Gasteiger partial charge < -0.3 is 0 Å². The normalized spacial score (nSPS) is 12.0. The van der Waals surface area contributed by atoms with Crippen molar-refractivity contribution in [1.82, 2.24) is 0 Å². The number of aryl methyl sites for hydroxylation is 2. The molecular weight excluding hydrogens is 371 g/mol. The van der Waals surface area contributed by atoms with Gasteiger partial charge in [0.05, 0.1) is 0 Å². The van der Waals surface area contributed by atoms with Crippen LogP contribution in [0.25, 0.3) is 6.08 Å². The van der Waals surface area contributed by atoms with Gasteiger partial charge in [0.25, 0.3) is 0 Å².